The van der Waals surface area contributed by atoms with E-state index in [-0.39, 0.29) is 0 Å². The molecule has 4 nitrogen and oxygen atoms in total. The number of anilines is 2. The molecule has 0 spiro atoms. The zero-order valence-corrected chi connectivity index (χ0v) is 11.6. The second-order valence-corrected chi connectivity index (χ2v) is 4.95. The van der Waals surface area contributed by atoms with Crippen LogP contribution in [-0.2, 0) is 4.79 Å². The molecule has 1 atom stereocenters. The molecule has 0 saturated heterocycles. The first kappa shape index (κ1) is 14.2. The molecule has 2 aromatic carbocycles. The average Bonchev–Trinajstić information content (AvgIpc) is 2.48. The molecule has 1 aliphatic rings. The molecular weight excluding hydrogens is 290 g/mol. The Morgan fingerprint density at radius 1 is 1.09 bits per heavy atom. The van der Waals surface area contributed by atoms with Gasteiger partial charge in [0.2, 0.25) is 5.91 Å². The number of fused-ring (bicyclic) bond motifs is 1. The molecule has 1 heterocycles. The van der Waals surface area contributed by atoms with E-state index >= 15 is 0 Å². The minimum absolute atomic E-state index is 0.405. The first-order chi connectivity index (χ1) is 10.5. The molecule has 0 radical (unpaired) electrons. The van der Waals surface area contributed by atoms with E-state index in [4.69, 9.17) is 0 Å². The number of benzene rings is 2. The highest BCUT2D eigenvalue weighted by atomic mass is 19.1. The standard InChI is InChI=1S/C16H12F2N2O2/c1-9-15(21)19-12-7-2-3-8-13(12)20(9)16(22)14-10(17)5-4-6-11(14)18/h2-9H,1H3,(H,19,21)/t9-/m1/s1. The zero-order chi connectivity index (χ0) is 15.9. The quantitative estimate of drug-likeness (QED) is 0.880. The van der Waals surface area contributed by atoms with Gasteiger partial charge < -0.3 is 5.32 Å². The lowest BCUT2D eigenvalue weighted by Gasteiger charge is -2.34. The van der Waals surface area contributed by atoms with Crippen LogP contribution in [0.1, 0.15) is 17.3 Å². The molecule has 3 rings (SSSR count). The van der Waals surface area contributed by atoms with E-state index in [0.29, 0.717) is 11.4 Å². The van der Waals surface area contributed by atoms with Crippen molar-refractivity contribution in [2.75, 3.05) is 10.2 Å². The van der Waals surface area contributed by atoms with Gasteiger partial charge in [-0.25, -0.2) is 8.78 Å². The van der Waals surface area contributed by atoms with Crippen LogP contribution in [0.2, 0.25) is 0 Å². The molecule has 0 fully saturated rings. The second-order valence-electron chi connectivity index (χ2n) is 4.95. The van der Waals surface area contributed by atoms with Crippen LogP contribution in [0.5, 0.6) is 0 Å². The second kappa shape index (κ2) is 5.22. The smallest absolute Gasteiger partial charge is 0.265 e. The van der Waals surface area contributed by atoms with Crippen LogP contribution in [-0.4, -0.2) is 17.9 Å². The molecule has 2 aromatic rings. The summed E-state index contributed by atoms with van der Waals surface area (Å²) in [7, 11) is 0. The summed E-state index contributed by atoms with van der Waals surface area (Å²) in [5, 5.41) is 2.65. The van der Waals surface area contributed by atoms with Crippen molar-refractivity contribution in [3.8, 4) is 0 Å². The van der Waals surface area contributed by atoms with Gasteiger partial charge in [0.1, 0.15) is 23.2 Å². The Labute approximate surface area is 125 Å². The average molecular weight is 302 g/mol. The molecule has 22 heavy (non-hydrogen) atoms. The highest BCUT2D eigenvalue weighted by Gasteiger charge is 2.36. The third-order valence-corrected chi connectivity index (χ3v) is 3.58. The molecule has 0 unspecified atom stereocenters. The van der Waals surface area contributed by atoms with Gasteiger partial charge in [0.25, 0.3) is 5.91 Å². The monoisotopic (exact) mass is 302 g/mol. The van der Waals surface area contributed by atoms with Crippen molar-refractivity contribution in [1.82, 2.24) is 0 Å². The third-order valence-electron chi connectivity index (χ3n) is 3.58. The van der Waals surface area contributed by atoms with Crippen LogP contribution in [0.3, 0.4) is 0 Å². The van der Waals surface area contributed by atoms with Crippen LogP contribution < -0.4 is 10.2 Å². The molecule has 1 aliphatic heterocycles. The van der Waals surface area contributed by atoms with Crippen molar-refractivity contribution in [2.24, 2.45) is 0 Å². The molecule has 0 saturated carbocycles. The number of rotatable bonds is 1. The fourth-order valence-corrected chi connectivity index (χ4v) is 2.46. The van der Waals surface area contributed by atoms with Crippen molar-refractivity contribution >= 4 is 23.2 Å². The summed E-state index contributed by atoms with van der Waals surface area (Å²) < 4.78 is 27.7. The van der Waals surface area contributed by atoms with Crippen molar-refractivity contribution in [3.63, 3.8) is 0 Å². The van der Waals surface area contributed by atoms with Crippen LogP contribution in [0.4, 0.5) is 20.2 Å². The maximum absolute atomic E-state index is 13.9. The van der Waals surface area contributed by atoms with E-state index in [1.54, 1.807) is 24.3 Å². The van der Waals surface area contributed by atoms with E-state index in [0.717, 1.165) is 17.0 Å². The Morgan fingerprint density at radius 3 is 2.41 bits per heavy atom. The lowest BCUT2D eigenvalue weighted by atomic mass is 10.1. The van der Waals surface area contributed by atoms with E-state index in [9.17, 15) is 18.4 Å². The summed E-state index contributed by atoms with van der Waals surface area (Å²) in [4.78, 5) is 25.7. The van der Waals surface area contributed by atoms with Gasteiger partial charge in [-0.2, -0.15) is 0 Å². The Bertz CT molecular complexity index is 756. The maximum atomic E-state index is 13.9. The first-order valence-electron chi connectivity index (χ1n) is 6.68. The summed E-state index contributed by atoms with van der Waals surface area (Å²) in [5.74, 6) is -3.21. The highest BCUT2D eigenvalue weighted by Crippen LogP contribution is 2.33. The van der Waals surface area contributed by atoms with Gasteiger partial charge >= 0.3 is 0 Å². The summed E-state index contributed by atoms with van der Waals surface area (Å²) in [5.41, 5.74) is 0.164. The Morgan fingerprint density at radius 2 is 1.73 bits per heavy atom. The van der Waals surface area contributed by atoms with Gasteiger partial charge in [-0.15, -0.1) is 0 Å². The van der Waals surface area contributed by atoms with E-state index in [2.05, 4.69) is 5.32 Å². The van der Waals surface area contributed by atoms with Crippen molar-refractivity contribution in [1.29, 1.82) is 0 Å². The summed E-state index contributed by atoms with van der Waals surface area (Å²) in [6.07, 6.45) is 0. The Balaban J connectivity index is 2.14. The SMILES string of the molecule is C[C@@H]1C(=O)Nc2ccccc2N1C(=O)c1c(F)cccc1F. The van der Waals surface area contributed by atoms with Crippen LogP contribution in [0, 0.1) is 11.6 Å². The van der Waals surface area contributed by atoms with Gasteiger partial charge in [-0.1, -0.05) is 18.2 Å². The number of nitrogens with zero attached hydrogens (tertiary/aromatic N) is 1. The number of amides is 2. The van der Waals surface area contributed by atoms with Gasteiger partial charge in [-0.3, -0.25) is 14.5 Å². The number of carbonyl (C=O) groups excluding carboxylic acids is 2. The topological polar surface area (TPSA) is 49.4 Å². The van der Waals surface area contributed by atoms with E-state index < -0.39 is 35.1 Å². The van der Waals surface area contributed by atoms with Crippen LogP contribution in [0.15, 0.2) is 42.5 Å². The van der Waals surface area contributed by atoms with Crippen molar-refractivity contribution in [3.05, 3.63) is 59.7 Å². The van der Waals surface area contributed by atoms with Gasteiger partial charge in [0, 0.05) is 0 Å². The third kappa shape index (κ3) is 2.13. The fraction of sp³-hybridized carbons (Fsp3) is 0.125. The summed E-state index contributed by atoms with van der Waals surface area (Å²) >= 11 is 0. The normalized spacial score (nSPS) is 17.0. The number of carbonyl (C=O) groups is 2. The largest absolute Gasteiger partial charge is 0.322 e. The van der Waals surface area contributed by atoms with E-state index in [1.807, 2.05) is 0 Å². The first-order valence-corrected chi connectivity index (χ1v) is 6.68. The highest BCUT2D eigenvalue weighted by molar-refractivity contribution is 6.16. The summed E-state index contributed by atoms with van der Waals surface area (Å²) in [6, 6.07) is 8.94. The predicted octanol–water partition coefficient (Wildman–Crippen LogP) is 2.95. The predicted molar refractivity (Wildman–Crippen MR) is 77.7 cm³/mol. The molecule has 0 aliphatic carbocycles. The Kier molecular flexibility index (Phi) is 3.36. The van der Waals surface area contributed by atoms with Crippen LogP contribution in [0.25, 0.3) is 0 Å². The number of nitrogens with one attached hydrogen (secondary N) is 1. The molecule has 1 N–H and O–H groups in total. The molecule has 2 amide bonds. The minimum atomic E-state index is -0.958. The van der Waals surface area contributed by atoms with E-state index in [1.165, 1.54) is 13.0 Å². The minimum Gasteiger partial charge on any atom is -0.322 e. The maximum Gasteiger partial charge on any atom is 0.265 e. The summed E-state index contributed by atoms with van der Waals surface area (Å²) in [6.45, 7) is 1.50. The molecule has 112 valence electrons. The Hall–Kier alpha value is -2.76. The number of hydrogen-bond acceptors (Lipinski definition) is 2. The fourth-order valence-electron chi connectivity index (χ4n) is 2.46. The molecule has 6 heteroatoms. The van der Waals surface area contributed by atoms with Gasteiger partial charge in [0.05, 0.1) is 11.4 Å². The number of para-hydroxylation sites is 2. The van der Waals surface area contributed by atoms with Crippen LogP contribution >= 0.6 is 0 Å². The van der Waals surface area contributed by atoms with Crippen molar-refractivity contribution in [2.45, 2.75) is 13.0 Å². The zero-order valence-electron chi connectivity index (χ0n) is 11.6. The lowest BCUT2D eigenvalue weighted by Crippen LogP contribution is -2.49. The molecular formula is C16H12F2N2O2. The lowest BCUT2D eigenvalue weighted by molar-refractivity contribution is -0.117. The molecule has 0 bridgehead atoms. The number of hydrogen-bond donors (Lipinski definition) is 1. The number of halogens is 2. The van der Waals surface area contributed by atoms with Crippen molar-refractivity contribution < 1.29 is 18.4 Å². The van der Waals surface area contributed by atoms with Gasteiger partial charge in [-0.05, 0) is 31.2 Å². The van der Waals surface area contributed by atoms with Gasteiger partial charge in [0.15, 0.2) is 0 Å². The molecule has 0 aromatic heterocycles.